The Morgan fingerprint density at radius 1 is 0.960 bits per heavy atom. The molecular weight excluding hydrogens is 312 g/mol. The first-order chi connectivity index (χ1) is 12.2. The zero-order chi connectivity index (χ0) is 17.6. The molecule has 2 aromatic carbocycles. The predicted octanol–water partition coefficient (Wildman–Crippen LogP) is 5.59. The van der Waals surface area contributed by atoms with Crippen LogP contribution in [0.4, 0.5) is 0 Å². The highest BCUT2D eigenvalue weighted by molar-refractivity contribution is 5.82. The van der Waals surface area contributed by atoms with Crippen molar-refractivity contribution < 1.29 is 9.15 Å². The third-order valence-corrected chi connectivity index (χ3v) is 4.35. The molecule has 3 aromatic rings. The Labute approximate surface area is 148 Å². The van der Waals surface area contributed by atoms with Crippen LogP contribution < -0.4 is 10.4 Å². The summed E-state index contributed by atoms with van der Waals surface area (Å²) in [6, 6.07) is 15.7. The van der Waals surface area contributed by atoms with E-state index >= 15 is 0 Å². The third kappa shape index (κ3) is 4.11. The molecule has 0 bridgehead atoms. The topological polar surface area (TPSA) is 39.4 Å². The van der Waals surface area contributed by atoms with Gasteiger partial charge in [0.2, 0.25) is 0 Å². The molecule has 0 radical (unpaired) electrons. The van der Waals surface area contributed by atoms with E-state index in [0.717, 1.165) is 17.4 Å². The highest BCUT2D eigenvalue weighted by Gasteiger charge is 2.09. The molecule has 0 unspecified atom stereocenters. The lowest BCUT2D eigenvalue weighted by atomic mass is 10.0. The molecular formula is C22H24O3. The summed E-state index contributed by atoms with van der Waals surface area (Å²) in [4.78, 5) is 12.4. The molecule has 0 atom stereocenters. The van der Waals surface area contributed by atoms with Crippen molar-refractivity contribution in [3.8, 4) is 16.9 Å². The number of rotatable bonds is 7. The van der Waals surface area contributed by atoms with Crippen LogP contribution >= 0.6 is 0 Å². The Morgan fingerprint density at radius 3 is 2.48 bits per heavy atom. The van der Waals surface area contributed by atoms with Gasteiger partial charge < -0.3 is 9.15 Å². The Balaban J connectivity index is 1.89. The number of benzene rings is 2. The van der Waals surface area contributed by atoms with Gasteiger partial charge in [-0.25, -0.2) is 4.79 Å². The summed E-state index contributed by atoms with van der Waals surface area (Å²) in [5, 5.41) is 0.894. The van der Waals surface area contributed by atoms with Gasteiger partial charge >= 0.3 is 5.63 Å². The van der Waals surface area contributed by atoms with E-state index in [0.29, 0.717) is 23.5 Å². The SMILES string of the molecule is CCCCCc1ccc(-c2cc3ccc(OCC)cc3oc2=O)cc1. The molecule has 1 heterocycles. The number of fused-ring (bicyclic) bond motifs is 1. The molecule has 130 valence electrons. The largest absolute Gasteiger partial charge is 0.494 e. The molecule has 0 saturated carbocycles. The van der Waals surface area contributed by atoms with Crippen LogP contribution in [-0.4, -0.2) is 6.61 Å². The average Bonchev–Trinajstić information content (AvgIpc) is 2.62. The maximum Gasteiger partial charge on any atom is 0.344 e. The van der Waals surface area contributed by atoms with E-state index < -0.39 is 0 Å². The van der Waals surface area contributed by atoms with Gasteiger partial charge in [0, 0.05) is 11.5 Å². The number of ether oxygens (including phenoxy) is 1. The van der Waals surface area contributed by atoms with Crippen molar-refractivity contribution in [3.63, 3.8) is 0 Å². The van der Waals surface area contributed by atoms with Crippen LogP contribution in [-0.2, 0) is 6.42 Å². The van der Waals surface area contributed by atoms with Gasteiger partial charge in [-0.1, -0.05) is 44.0 Å². The Kier molecular flexibility index (Phi) is 5.54. The fourth-order valence-electron chi connectivity index (χ4n) is 2.98. The van der Waals surface area contributed by atoms with E-state index in [4.69, 9.17) is 9.15 Å². The maximum atomic E-state index is 12.4. The lowest BCUT2D eigenvalue weighted by Crippen LogP contribution is -2.03. The standard InChI is InChI=1S/C22H24O3/c1-3-5-6-7-16-8-10-17(11-9-16)20-14-18-12-13-19(24-4-2)15-21(18)25-22(20)23/h8-15H,3-7H2,1-2H3. The molecule has 3 nitrogen and oxygen atoms in total. The fraction of sp³-hybridized carbons (Fsp3) is 0.318. The van der Waals surface area contributed by atoms with E-state index in [2.05, 4.69) is 19.1 Å². The average molecular weight is 336 g/mol. The number of unbranched alkanes of at least 4 members (excludes halogenated alkanes) is 2. The van der Waals surface area contributed by atoms with Gasteiger partial charge in [0.1, 0.15) is 11.3 Å². The highest BCUT2D eigenvalue weighted by Crippen LogP contribution is 2.25. The van der Waals surface area contributed by atoms with Gasteiger partial charge in [-0.05, 0) is 49.1 Å². The van der Waals surface area contributed by atoms with E-state index in [1.54, 1.807) is 6.07 Å². The molecule has 1 aromatic heterocycles. The Morgan fingerprint density at radius 2 is 1.76 bits per heavy atom. The van der Waals surface area contributed by atoms with E-state index in [1.807, 2.05) is 37.3 Å². The molecule has 3 heteroatoms. The number of hydrogen-bond donors (Lipinski definition) is 0. The van der Waals surface area contributed by atoms with Crippen molar-refractivity contribution in [2.75, 3.05) is 6.61 Å². The molecule has 0 spiro atoms. The predicted molar refractivity (Wildman–Crippen MR) is 102 cm³/mol. The lowest BCUT2D eigenvalue weighted by Gasteiger charge is -2.07. The van der Waals surface area contributed by atoms with Gasteiger partial charge in [-0.2, -0.15) is 0 Å². The lowest BCUT2D eigenvalue weighted by molar-refractivity contribution is 0.340. The summed E-state index contributed by atoms with van der Waals surface area (Å²) >= 11 is 0. The zero-order valence-corrected chi connectivity index (χ0v) is 14.9. The summed E-state index contributed by atoms with van der Waals surface area (Å²) in [6.07, 6.45) is 4.76. The van der Waals surface area contributed by atoms with Crippen LogP contribution in [0.5, 0.6) is 5.75 Å². The van der Waals surface area contributed by atoms with Crippen molar-refractivity contribution in [2.24, 2.45) is 0 Å². The monoisotopic (exact) mass is 336 g/mol. The number of aryl methyl sites for hydroxylation is 1. The minimum atomic E-state index is -0.320. The quantitative estimate of drug-likeness (QED) is 0.417. The molecule has 25 heavy (non-hydrogen) atoms. The molecule has 0 aliphatic heterocycles. The summed E-state index contributed by atoms with van der Waals surface area (Å²) in [5.41, 5.74) is 3.03. The normalized spacial score (nSPS) is 11.0. The van der Waals surface area contributed by atoms with Crippen LogP contribution in [0.2, 0.25) is 0 Å². The first-order valence-corrected chi connectivity index (χ1v) is 9.01. The van der Waals surface area contributed by atoms with Gasteiger partial charge in [0.15, 0.2) is 0 Å². The molecule has 0 aliphatic rings. The minimum absolute atomic E-state index is 0.320. The van der Waals surface area contributed by atoms with Crippen molar-refractivity contribution >= 4 is 11.0 Å². The van der Waals surface area contributed by atoms with E-state index in [1.165, 1.54) is 24.8 Å². The van der Waals surface area contributed by atoms with Gasteiger partial charge in [0.05, 0.1) is 12.2 Å². The summed E-state index contributed by atoms with van der Waals surface area (Å²) in [7, 11) is 0. The Bertz CT molecular complexity index is 891. The molecule has 0 amide bonds. The van der Waals surface area contributed by atoms with E-state index in [9.17, 15) is 4.79 Å². The van der Waals surface area contributed by atoms with Crippen LogP contribution in [0.25, 0.3) is 22.1 Å². The van der Waals surface area contributed by atoms with Gasteiger partial charge in [0.25, 0.3) is 0 Å². The molecule has 0 fully saturated rings. The summed E-state index contributed by atoms with van der Waals surface area (Å²) in [6.45, 7) is 4.72. The third-order valence-electron chi connectivity index (χ3n) is 4.35. The summed E-state index contributed by atoms with van der Waals surface area (Å²) < 4.78 is 11.0. The molecule has 3 rings (SSSR count). The van der Waals surface area contributed by atoms with Crippen LogP contribution in [0, 0.1) is 0 Å². The van der Waals surface area contributed by atoms with Crippen molar-refractivity contribution in [2.45, 2.75) is 39.5 Å². The zero-order valence-electron chi connectivity index (χ0n) is 14.9. The maximum absolute atomic E-state index is 12.4. The molecule has 0 aliphatic carbocycles. The molecule has 0 N–H and O–H groups in total. The highest BCUT2D eigenvalue weighted by atomic mass is 16.5. The second-order valence-electron chi connectivity index (χ2n) is 6.23. The number of hydrogen-bond acceptors (Lipinski definition) is 3. The van der Waals surface area contributed by atoms with E-state index in [-0.39, 0.29) is 5.63 Å². The fourth-order valence-corrected chi connectivity index (χ4v) is 2.98. The van der Waals surface area contributed by atoms with Gasteiger partial charge in [-0.15, -0.1) is 0 Å². The smallest absolute Gasteiger partial charge is 0.344 e. The molecule has 0 saturated heterocycles. The first-order valence-electron chi connectivity index (χ1n) is 9.01. The Hall–Kier alpha value is -2.55. The van der Waals surface area contributed by atoms with Crippen molar-refractivity contribution in [1.29, 1.82) is 0 Å². The first kappa shape index (κ1) is 17.3. The second kappa shape index (κ2) is 8.02. The van der Waals surface area contributed by atoms with Crippen molar-refractivity contribution in [3.05, 3.63) is 64.5 Å². The van der Waals surface area contributed by atoms with Crippen LogP contribution in [0.1, 0.15) is 38.7 Å². The summed E-state index contributed by atoms with van der Waals surface area (Å²) in [5.74, 6) is 0.710. The van der Waals surface area contributed by atoms with Crippen molar-refractivity contribution in [1.82, 2.24) is 0 Å². The van der Waals surface area contributed by atoms with Crippen LogP contribution in [0.15, 0.2) is 57.7 Å². The van der Waals surface area contributed by atoms with Crippen LogP contribution in [0.3, 0.4) is 0 Å². The van der Waals surface area contributed by atoms with Gasteiger partial charge in [-0.3, -0.25) is 0 Å². The minimum Gasteiger partial charge on any atom is -0.494 e. The second-order valence-corrected chi connectivity index (χ2v) is 6.23.